The van der Waals surface area contributed by atoms with Crippen molar-refractivity contribution >= 4 is 0 Å². The third kappa shape index (κ3) is 2.68. The van der Waals surface area contributed by atoms with E-state index in [9.17, 15) is 5.11 Å². The molecule has 2 aromatic carbocycles. The first-order chi connectivity index (χ1) is 10.1. The number of rotatable bonds is 3. The number of phenolic OH excluding ortho intramolecular Hbond substituents is 1. The van der Waals surface area contributed by atoms with Gasteiger partial charge in [0.05, 0.1) is 11.4 Å². The molecule has 0 radical (unpaired) electrons. The minimum Gasteiger partial charge on any atom is -0.508 e. The summed E-state index contributed by atoms with van der Waals surface area (Å²) in [5.41, 5.74) is 5.70. The fourth-order valence-corrected chi connectivity index (χ4v) is 2.57. The average molecular weight is 278 g/mol. The molecule has 1 N–H and O–H groups in total. The smallest absolute Gasteiger partial charge is 0.115 e. The van der Waals surface area contributed by atoms with Crippen LogP contribution in [-0.2, 0) is 6.42 Å². The summed E-state index contributed by atoms with van der Waals surface area (Å²) < 4.78 is 1.99. The largest absolute Gasteiger partial charge is 0.508 e. The van der Waals surface area contributed by atoms with Gasteiger partial charge in [-0.2, -0.15) is 5.10 Å². The Kier molecular flexibility index (Phi) is 3.48. The lowest BCUT2D eigenvalue weighted by Crippen LogP contribution is -1.99. The van der Waals surface area contributed by atoms with Crippen molar-refractivity contribution in [3.63, 3.8) is 0 Å². The molecule has 21 heavy (non-hydrogen) atoms. The number of hydrogen-bond acceptors (Lipinski definition) is 2. The maximum atomic E-state index is 9.37. The van der Waals surface area contributed by atoms with Gasteiger partial charge in [0.15, 0.2) is 0 Å². The number of nitrogens with zero attached hydrogens (tertiary/aromatic N) is 2. The monoisotopic (exact) mass is 278 g/mol. The third-order valence-corrected chi connectivity index (χ3v) is 3.76. The van der Waals surface area contributed by atoms with Gasteiger partial charge in [-0.1, -0.05) is 30.3 Å². The zero-order chi connectivity index (χ0) is 14.8. The molecule has 0 amide bonds. The Labute approximate surface area is 124 Å². The summed E-state index contributed by atoms with van der Waals surface area (Å²) in [6, 6.07) is 17.5. The van der Waals surface area contributed by atoms with Gasteiger partial charge in [-0.25, -0.2) is 4.68 Å². The molecule has 3 nitrogen and oxygen atoms in total. The van der Waals surface area contributed by atoms with E-state index in [0.717, 1.165) is 23.5 Å². The molecule has 0 saturated carbocycles. The van der Waals surface area contributed by atoms with Gasteiger partial charge in [0.2, 0.25) is 0 Å². The predicted octanol–water partition coefficient (Wildman–Crippen LogP) is 3.79. The number of hydrogen-bond donors (Lipinski definition) is 1. The van der Waals surface area contributed by atoms with Crippen molar-refractivity contribution in [2.75, 3.05) is 0 Å². The molecule has 0 aliphatic heterocycles. The molecule has 1 aromatic heterocycles. The van der Waals surface area contributed by atoms with Crippen LogP contribution in [0.2, 0.25) is 0 Å². The molecule has 1 heterocycles. The second-order valence-electron chi connectivity index (χ2n) is 5.24. The fraction of sp³-hybridized carbons (Fsp3) is 0.167. The Morgan fingerprint density at radius 3 is 2.29 bits per heavy atom. The van der Waals surface area contributed by atoms with Crippen LogP contribution in [0.1, 0.15) is 22.5 Å². The molecule has 3 aromatic rings. The second-order valence-corrected chi connectivity index (χ2v) is 5.24. The van der Waals surface area contributed by atoms with Crippen LogP contribution in [0.15, 0.2) is 54.6 Å². The lowest BCUT2D eigenvalue weighted by molar-refractivity contribution is 0.475. The van der Waals surface area contributed by atoms with E-state index in [1.807, 2.05) is 41.9 Å². The van der Waals surface area contributed by atoms with Gasteiger partial charge in [0.1, 0.15) is 5.75 Å². The van der Waals surface area contributed by atoms with Gasteiger partial charge in [0.25, 0.3) is 0 Å². The summed E-state index contributed by atoms with van der Waals surface area (Å²) in [5.74, 6) is 0.298. The van der Waals surface area contributed by atoms with Gasteiger partial charge >= 0.3 is 0 Å². The van der Waals surface area contributed by atoms with Crippen LogP contribution >= 0.6 is 0 Å². The summed E-state index contributed by atoms with van der Waals surface area (Å²) in [4.78, 5) is 0. The SMILES string of the molecule is Cc1nn(-c2ccccc2)c(C)c1Cc1ccc(O)cc1. The van der Waals surface area contributed by atoms with Crippen molar-refractivity contribution in [2.24, 2.45) is 0 Å². The molecule has 0 spiro atoms. The normalized spacial score (nSPS) is 10.8. The lowest BCUT2D eigenvalue weighted by atomic mass is 10.0. The van der Waals surface area contributed by atoms with Gasteiger partial charge in [-0.05, 0) is 43.7 Å². The predicted molar refractivity (Wildman–Crippen MR) is 84.0 cm³/mol. The number of para-hydroxylation sites is 1. The first-order valence-corrected chi connectivity index (χ1v) is 7.03. The van der Waals surface area contributed by atoms with E-state index in [4.69, 9.17) is 0 Å². The highest BCUT2D eigenvalue weighted by atomic mass is 16.3. The molecule has 0 fully saturated rings. The van der Waals surface area contributed by atoms with Crippen molar-refractivity contribution in [2.45, 2.75) is 20.3 Å². The Morgan fingerprint density at radius 1 is 0.952 bits per heavy atom. The van der Waals surface area contributed by atoms with E-state index in [-0.39, 0.29) is 0 Å². The van der Waals surface area contributed by atoms with E-state index in [1.54, 1.807) is 12.1 Å². The van der Waals surface area contributed by atoms with E-state index in [2.05, 4.69) is 24.2 Å². The summed E-state index contributed by atoms with van der Waals surface area (Å²) in [5, 5.41) is 14.0. The van der Waals surface area contributed by atoms with Crippen molar-refractivity contribution < 1.29 is 5.11 Å². The Hall–Kier alpha value is -2.55. The Balaban J connectivity index is 1.97. The molecule has 0 saturated heterocycles. The second kappa shape index (κ2) is 5.44. The molecule has 3 rings (SSSR count). The molecule has 0 bridgehead atoms. The average Bonchev–Trinajstić information content (AvgIpc) is 2.78. The topological polar surface area (TPSA) is 38.0 Å². The summed E-state index contributed by atoms with van der Waals surface area (Å²) in [6.45, 7) is 4.14. The van der Waals surface area contributed by atoms with Crippen molar-refractivity contribution in [1.29, 1.82) is 0 Å². The van der Waals surface area contributed by atoms with Crippen molar-refractivity contribution in [3.05, 3.63) is 77.1 Å². The number of aromatic nitrogens is 2. The number of benzene rings is 2. The maximum absolute atomic E-state index is 9.37. The Morgan fingerprint density at radius 2 is 1.62 bits per heavy atom. The minimum absolute atomic E-state index is 0.298. The van der Waals surface area contributed by atoms with Crippen LogP contribution in [0.5, 0.6) is 5.75 Å². The first-order valence-electron chi connectivity index (χ1n) is 7.03. The zero-order valence-corrected chi connectivity index (χ0v) is 12.2. The van der Waals surface area contributed by atoms with E-state index < -0.39 is 0 Å². The third-order valence-electron chi connectivity index (χ3n) is 3.76. The van der Waals surface area contributed by atoms with Crippen LogP contribution in [0, 0.1) is 13.8 Å². The summed E-state index contributed by atoms with van der Waals surface area (Å²) in [7, 11) is 0. The van der Waals surface area contributed by atoms with Gasteiger partial charge in [-0.3, -0.25) is 0 Å². The molecular formula is C18H18N2O. The molecule has 0 atom stereocenters. The summed E-state index contributed by atoms with van der Waals surface area (Å²) in [6.07, 6.45) is 0.824. The van der Waals surface area contributed by atoms with E-state index >= 15 is 0 Å². The summed E-state index contributed by atoms with van der Waals surface area (Å²) >= 11 is 0. The molecule has 106 valence electrons. The van der Waals surface area contributed by atoms with Crippen LogP contribution < -0.4 is 0 Å². The maximum Gasteiger partial charge on any atom is 0.115 e. The molecule has 0 unspecified atom stereocenters. The van der Waals surface area contributed by atoms with Crippen molar-refractivity contribution in [1.82, 2.24) is 9.78 Å². The molecule has 0 aliphatic rings. The van der Waals surface area contributed by atoms with Crippen LogP contribution in [0.3, 0.4) is 0 Å². The highest BCUT2D eigenvalue weighted by Gasteiger charge is 2.13. The fourth-order valence-electron chi connectivity index (χ4n) is 2.57. The number of aryl methyl sites for hydroxylation is 1. The first kappa shape index (κ1) is 13.4. The number of phenols is 1. The highest BCUT2D eigenvalue weighted by molar-refractivity contribution is 5.39. The van der Waals surface area contributed by atoms with Crippen molar-refractivity contribution in [3.8, 4) is 11.4 Å². The van der Waals surface area contributed by atoms with Gasteiger partial charge < -0.3 is 5.11 Å². The van der Waals surface area contributed by atoms with Gasteiger partial charge in [0, 0.05) is 17.7 Å². The number of aromatic hydroxyl groups is 1. The van der Waals surface area contributed by atoms with Crippen LogP contribution in [-0.4, -0.2) is 14.9 Å². The van der Waals surface area contributed by atoms with Crippen LogP contribution in [0.25, 0.3) is 5.69 Å². The van der Waals surface area contributed by atoms with Gasteiger partial charge in [-0.15, -0.1) is 0 Å². The minimum atomic E-state index is 0.298. The molecule has 3 heteroatoms. The molecular weight excluding hydrogens is 260 g/mol. The quantitative estimate of drug-likeness (QED) is 0.791. The van der Waals surface area contributed by atoms with E-state index in [1.165, 1.54) is 11.1 Å². The Bertz CT molecular complexity index is 743. The zero-order valence-electron chi connectivity index (χ0n) is 12.2. The van der Waals surface area contributed by atoms with Crippen LogP contribution in [0.4, 0.5) is 0 Å². The van der Waals surface area contributed by atoms with E-state index in [0.29, 0.717) is 5.75 Å². The highest BCUT2D eigenvalue weighted by Crippen LogP contribution is 2.21. The molecule has 0 aliphatic carbocycles. The lowest BCUT2D eigenvalue weighted by Gasteiger charge is -2.06. The standard InChI is InChI=1S/C18H18N2O/c1-13-18(12-15-8-10-17(21)11-9-15)14(2)20(19-13)16-6-4-3-5-7-16/h3-11,21H,12H2,1-2H3.